The van der Waals surface area contributed by atoms with Crippen LogP contribution in [-0.2, 0) is 4.79 Å². The maximum atomic E-state index is 12.0. The van der Waals surface area contributed by atoms with Crippen molar-refractivity contribution in [3.63, 3.8) is 0 Å². The van der Waals surface area contributed by atoms with Crippen LogP contribution in [0.1, 0.15) is 46.5 Å². The molecule has 100 valence electrons. The van der Waals surface area contributed by atoms with Crippen molar-refractivity contribution < 1.29 is 4.79 Å². The van der Waals surface area contributed by atoms with Crippen molar-refractivity contribution in [3.05, 3.63) is 0 Å². The van der Waals surface area contributed by atoms with Crippen LogP contribution in [0, 0.1) is 0 Å². The van der Waals surface area contributed by atoms with Crippen LogP contribution in [0.3, 0.4) is 0 Å². The standard InChI is InChI=1S/C13H26N2OS/c1-4-5-9-17-11(3)13(16)15-12-7-6-8-14-10(12)2/h10-12,14H,4-9H2,1-3H3,(H,15,16). The highest BCUT2D eigenvalue weighted by atomic mass is 32.2. The van der Waals surface area contributed by atoms with Gasteiger partial charge in [-0.2, -0.15) is 0 Å². The summed E-state index contributed by atoms with van der Waals surface area (Å²) in [6.45, 7) is 7.42. The third-order valence-corrected chi connectivity index (χ3v) is 4.56. The zero-order valence-corrected chi connectivity index (χ0v) is 12.1. The summed E-state index contributed by atoms with van der Waals surface area (Å²) >= 11 is 1.77. The quantitative estimate of drug-likeness (QED) is 0.717. The molecule has 4 heteroatoms. The molecule has 17 heavy (non-hydrogen) atoms. The van der Waals surface area contributed by atoms with Crippen molar-refractivity contribution in [3.8, 4) is 0 Å². The van der Waals surface area contributed by atoms with Crippen LogP contribution >= 0.6 is 11.8 Å². The summed E-state index contributed by atoms with van der Waals surface area (Å²) in [5.41, 5.74) is 0. The first-order chi connectivity index (χ1) is 8.15. The van der Waals surface area contributed by atoms with E-state index in [1.54, 1.807) is 11.8 Å². The first kappa shape index (κ1) is 14.8. The molecule has 1 fully saturated rings. The lowest BCUT2D eigenvalue weighted by Gasteiger charge is -2.31. The lowest BCUT2D eigenvalue weighted by molar-refractivity contribution is -0.121. The van der Waals surface area contributed by atoms with Crippen molar-refractivity contribution in [2.45, 2.75) is 63.8 Å². The average molecular weight is 258 g/mol. The molecule has 0 aromatic carbocycles. The van der Waals surface area contributed by atoms with Gasteiger partial charge in [0.1, 0.15) is 0 Å². The predicted molar refractivity (Wildman–Crippen MR) is 75.5 cm³/mol. The number of piperidine rings is 1. The number of nitrogens with one attached hydrogen (secondary N) is 2. The summed E-state index contributed by atoms with van der Waals surface area (Å²) in [4.78, 5) is 12.0. The molecule has 0 radical (unpaired) electrons. The molecule has 3 nitrogen and oxygen atoms in total. The second-order valence-corrected chi connectivity index (χ2v) is 6.32. The molecule has 1 saturated heterocycles. The average Bonchev–Trinajstić information content (AvgIpc) is 2.32. The van der Waals surface area contributed by atoms with Crippen LogP contribution in [0.15, 0.2) is 0 Å². The van der Waals surface area contributed by atoms with Gasteiger partial charge in [0, 0.05) is 12.1 Å². The van der Waals surface area contributed by atoms with E-state index in [9.17, 15) is 4.79 Å². The Bertz CT molecular complexity index is 235. The number of hydrogen-bond donors (Lipinski definition) is 2. The monoisotopic (exact) mass is 258 g/mol. The first-order valence-electron chi connectivity index (χ1n) is 6.80. The second kappa shape index (κ2) is 7.98. The zero-order chi connectivity index (χ0) is 12.7. The Labute approximate surface area is 109 Å². The highest BCUT2D eigenvalue weighted by molar-refractivity contribution is 8.00. The third kappa shape index (κ3) is 5.30. The first-order valence-corrected chi connectivity index (χ1v) is 7.85. The number of hydrogen-bond acceptors (Lipinski definition) is 3. The van der Waals surface area contributed by atoms with Crippen LogP contribution in [0.5, 0.6) is 0 Å². The number of rotatable bonds is 6. The van der Waals surface area contributed by atoms with Crippen molar-refractivity contribution >= 4 is 17.7 Å². The van der Waals surface area contributed by atoms with E-state index in [1.807, 2.05) is 6.92 Å². The molecular formula is C13H26N2OS. The van der Waals surface area contributed by atoms with Crippen LogP contribution in [0.25, 0.3) is 0 Å². The minimum Gasteiger partial charge on any atom is -0.351 e. The summed E-state index contributed by atoms with van der Waals surface area (Å²) in [6.07, 6.45) is 4.66. The number of unbranched alkanes of at least 4 members (excludes halogenated alkanes) is 1. The Morgan fingerprint density at radius 3 is 3.00 bits per heavy atom. The van der Waals surface area contributed by atoms with Gasteiger partial charge in [0.05, 0.1) is 5.25 Å². The van der Waals surface area contributed by atoms with E-state index in [2.05, 4.69) is 24.5 Å². The van der Waals surface area contributed by atoms with Gasteiger partial charge in [0.15, 0.2) is 0 Å². The topological polar surface area (TPSA) is 41.1 Å². The van der Waals surface area contributed by atoms with Gasteiger partial charge < -0.3 is 10.6 Å². The Hall–Kier alpha value is -0.220. The molecule has 0 bridgehead atoms. The predicted octanol–water partition coefficient (Wildman–Crippen LogP) is 2.16. The molecule has 1 heterocycles. The molecule has 1 aliphatic heterocycles. The molecule has 1 aliphatic rings. The van der Waals surface area contributed by atoms with Gasteiger partial charge in [-0.15, -0.1) is 11.8 Å². The molecule has 2 N–H and O–H groups in total. The van der Waals surface area contributed by atoms with Crippen LogP contribution < -0.4 is 10.6 Å². The minimum atomic E-state index is 0.0793. The number of amides is 1. The van der Waals surface area contributed by atoms with Crippen molar-refractivity contribution in [2.24, 2.45) is 0 Å². The van der Waals surface area contributed by atoms with Crippen LogP contribution in [0.4, 0.5) is 0 Å². The Balaban J connectivity index is 2.26. The summed E-state index contributed by atoms with van der Waals surface area (Å²) < 4.78 is 0. The van der Waals surface area contributed by atoms with Crippen LogP contribution in [0.2, 0.25) is 0 Å². The SMILES string of the molecule is CCCCSC(C)C(=O)NC1CCCNC1C. The summed E-state index contributed by atoms with van der Waals surface area (Å²) in [5, 5.41) is 6.66. The fourth-order valence-electron chi connectivity index (χ4n) is 2.02. The normalized spacial score (nSPS) is 26.5. The van der Waals surface area contributed by atoms with Gasteiger partial charge >= 0.3 is 0 Å². The van der Waals surface area contributed by atoms with Gasteiger partial charge in [-0.05, 0) is 45.4 Å². The van der Waals surface area contributed by atoms with Gasteiger partial charge in [-0.3, -0.25) is 4.79 Å². The fraction of sp³-hybridized carbons (Fsp3) is 0.923. The number of carbonyl (C=O) groups excluding carboxylic acids is 1. The molecule has 1 amide bonds. The van der Waals surface area contributed by atoms with Crippen LogP contribution in [-0.4, -0.2) is 35.5 Å². The molecule has 0 spiro atoms. The molecule has 1 rings (SSSR count). The van der Waals surface area contributed by atoms with E-state index in [4.69, 9.17) is 0 Å². The summed E-state index contributed by atoms with van der Waals surface area (Å²) in [7, 11) is 0. The van der Waals surface area contributed by atoms with E-state index < -0.39 is 0 Å². The minimum absolute atomic E-state index is 0.0793. The summed E-state index contributed by atoms with van der Waals surface area (Å²) in [5.74, 6) is 1.29. The van der Waals surface area contributed by atoms with Crippen molar-refractivity contribution in [2.75, 3.05) is 12.3 Å². The van der Waals surface area contributed by atoms with E-state index in [1.165, 1.54) is 12.8 Å². The lowest BCUT2D eigenvalue weighted by Crippen LogP contribution is -2.53. The third-order valence-electron chi connectivity index (χ3n) is 3.32. The van der Waals surface area contributed by atoms with Gasteiger partial charge in [0.2, 0.25) is 5.91 Å². The maximum absolute atomic E-state index is 12.0. The molecule has 0 saturated carbocycles. The second-order valence-electron chi connectivity index (χ2n) is 4.87. The molecule has 0 aromatic heterocycles. The Morgan fingerprint density at radius 1 is 1.59 bits per heavy atom. The highest BCUT2D eigenvalue weighted by Crippen LogP contribution is 2.14. The molecule has 3 unspecified atom stereocenters. The largest absolute Gasteiger partial charge is 0.351 e. The fourth-order valence-corrected chi connectivity index (χ4v) is 3.05. The maximum Gasteiger partial charge on any atom is 0.233 e. The van der Waals surface area contributed by atoms with E-state index in [0.29, 0.717) is 12.1 Å². The number of thioether (sulfide) groups is 1. The van der Waals surface area contributed by atoms with E-state index in [-0.39, 0.29) is 11.2 Å². The van der Waals surface area contributed by atoms with Gasteiger partial charge in [0.25, 0.3) is 0 Å². The van der Waals surface area contributed by atoms with E-state index >= 15 is 0 Å². The molecule has 0 aromatic rings. The lowest BCUT2D eigenvalue weighted by atomic mass is 10.00. The zero-order valence-electron chi connectivity index (χ0n) is 11.3. The molecule has 0 aliphatic carbocycles. The Kier molecular flexibility index (Phi) is 6.97. The smallest absolute Gasteiger partial charge is 0.233 e. The van der Waals surface area contributed by atoms with Gasteiger partial charge in [-0.25, -0.2) is 0 Å². The molecule has 3 atom stereocenters. The van der Waals surface area contributed by atoms with Crippen molar-refractivity contribution in [1.29, 1.82) is 0 Å². The number of carbonyl (C=O) groups is 1. The highest BCUT2D eigenvalue weighted by Gasteiger charge is 2.24. The van der Waals surface area contributed by atoms with E-state index in [0.717, 1.165) is 25.1 Å². The van der Waals surface area contributed by atoms with Gasteiger partial charge in [-0.1, -0.05) is 13.3 Å². The van der Waals surface area contributed by atoms with Crippen molar-refractivity contribution in [1.82, 2.24) is 10.6 Å². The molecular weight excluding hydrogens is 232 g/mol. The Morgan fingerprint density at radius 2 is 2.35 bits per heavy atom. The summed E-state index contributed by atoms with van der Waals surface area (Å²) in [6, 6.07) is 0.714.